The van der Waals surface area contributed by atoms with Gasteiger partial charge in [0.2, 0.25) is 5.91 Å². The molecule has 0 saturated carbocycles. The molecule has 16 heavy (non-hydrogen) atoms. The molecule has 0 aromatic rings. The minimum Gasteiger partial charge on any atom is -0.481 e. The van der Waals surface area contributed by atoms with Gasteiger partial charge in [0.1, 0.15) is 0 Å². The monoisotopic (exact) mass is 221 g/mol. The molecule has 0 fully saturated rings. The smallest absolute Gasteiger partial charge is 0.310 e. The molecule has 0 aliphatic heterocycles. The number of carbonyl (C=O) groups is 2. The van der Waals surface area contributed by atoms with E-state index < -0.39 is 11.9 Å². The molecule has 2 N–H and O–H groups in total. The number of hydrogen-bond acceptors (Lipinski definition) is 2. The number of aliphatic carboxylic acids is 1. The van der Waals surface area contributed by atoms with Crippen LogP contribution in [-0.2, 0) is 9.59 Å². The van der Waals surface area contributed by atoms with Crippen molar-refractivity contribution in [2.75, 3.05) is 0 Å². The van der Waals surface area contributed by atoms with Gasteiger partial charge in [-0.25, -0.2) is 0 Å². The standard InChI is InChI=1S/C12H15NO3/c1-2-3-4-5-11(14)13-10-7-6-9(8-10)12(15)16/h2-7,9-10H,8H2,1H3,(H,13,14)(H,15,16). The van der Waals surface area contributed by atoms with Crippen LogP contribution in [0.25, 0.3) is 0 Å². The van der Waals surface area contributed by atoms with Crippen molar-refractivity contribution in [2.24, 2.45) is 5.92 Å². The maximum Gasteiger partial charge on any atom is 0.310 e. The molecule has 0 saturated heterocycles. The molecule has 0 spiro atoms. The molecule has 0 radical (unpaired) electrons. The van der Waals surface area contributed by atoms with E-state index in [9.17, 15) is 9.59 Å². The molecule has 4 nitrogen and oxygen atoms in total. The first-order valence-corrected chi connectivity index (χ1v) is 5.14. The van der Waals surface area contributed by atoms with Crippen LogP contribution in [0.5, 0.6) is 0 Å². The second kappa shape index (κ2) is 5.90. The second-order valence-corrected chi connectivity index (χ2v) is 3.57. The third-order valence-electron chi connectivity index (χ3n) is 2.28. The number of carboxylic acids is 1. The summed E-state index contributed by atoms with van der Waals surface area (Å²) >= 11 is 0. The van der Waals surface area contributed by atoms with Crippen LogP contribution in [0.4, 0.5) is 0 Å². The predicted octanol–water partition coefficient (Wildman–Crippen LogP) is 1.26. The Morgan fingerprint density at radius 3 is 2.69 bits per heavy atom. The summed E-state index contributed by atoms with van der Waals surface area (Å²) in [7, 11) is 0. The van der Waals surface area contributed by atoms with Crippen molar-refractivity contribution in [2.45, 2.75) is 19.4 Å². The molecule has 1 rings (SSSR count). The number of rotatable bonds is 4. The Morgan fingerprint density at radius 2 is 2.12 bits per heavy atom. The lowest BCUT2D eigenvalue weighted by Crippen LogP contribution is -2.31. The minimum atomic E-state index is -0.850. The summed E-state index contributed by atoms with van der Waals surface area (Å²) in [5, 5.41) is 11.5. The van der Waals surface area contributed by atoms with Crippen molar-refractivity contribution in [1.29, 1.82) is 0 Å². The van der Waals surface area contributed by atoms with E-state index in [0.717, 1.165) is 0 Å². The van der Waals surface area contributed by atoms with E-state index in [0.29, 0.717) is 6.42 Å². The lowest BCUT2D eigenvalue weighted by Gasteiger charge is -2.09. The minimum absolute atomic E-state index is 0.177. The Kier molecular flexibility index (Phi) is 4.51. The van der Waals surface area contributed by atoms with Gasteiger partial charge in [-0.05, 0) is 13.3 Å². The molecule has 0 bridgehead atoms. The highest BCUT2D eigenvalue weighted by molar-refractivity contribution is 5.88. The van der Waals surface area contributed by atoms with Gasteiger partial charge in [0.05, 0.1) is 5.92 Å². The van der Waals surface area contributed by atoms with Gasteiger partial charge in [0.15, 0.2) is 0 Å². The fraction of sp³-hybridized carbons (Fsp3) is 0.333. The topological polar surface area (TPSA) is 66.4 Å². The van der Waals surface area contributed by atoms with Crippen molar-refractivity contribution in [1.82, 2.24) is 5.32 Å². The van der Waals surface area contributed by atoms with Gasteiger partial charge in [0.25, 0.3) is 0 Å². The number of nitrogens with one attached hydrogen (secondary N) is 1. The van der Waals surface area contributed by atoms with Crippen LogP contribution in [0.1, 0.15) is 13.3 Å². The van der Waals surface area contributed by atoms with Gasteiger partial charge in [0, 0.05) is 12.1 Å². The van der Waals surface area contributed by atoms with Gasteiger partial charge in [-0.1, -0.05) is 30.4 Å². The van der Waals surface area contributed by atoms with Gasteiger partial charge in [-0.3, -0.25) is 9.59 Å². The molecule has 1 aliphatic rings. The normalized spacial score (nSPS) is 24.3. The summed E-state index contributed by atoms with van der Waals surface area (Å²) in [6.45, 7) is 1.86. The van der Waals surface area contributed by atoms with Crippen LogP contribution >= 0.6 is 0 Å². The SMILES string of the molecule is CC=CC=CC(=O)NC1C=CC(C(=O)O)C1. The lowest BCUT2D eigenvalue weighted by atomic mass is 10.1. The van der Waals surface area contributed by atoms with E-state index in [1.54, 1.807) is 24.3 Å². The van der Waals surface area contributed by atoms with Gasteiger partial charge >= 0.3 is 5.97 Å². The van der Waals surface area contributed by atoms with Crippen molar-refractivity contribution >= 4 is 11.9 Å². The number of allylic oxidation sites excluding steroid dienone is 3. The summed E-state index contributed by atoms with van der Waals surface area (Å²) in [6, 6.07) is -0.177. The van der Waals surface area contributed by atoms with Crippen LogP contribution in [0, 0.1) is 5.92 Å². The largest absolute Gasteiger partial charge is 0.481 e. The van der Waals surface area contributed by atoms with Crippen LogP contribution in [-0.4, -0.2) is 23.0 Å². The van der Waals surface area contributed by atoms with Crippen LogP contribution in [0.2, 0.25) is 0 Å². The Labute approximate surface area is 94.3 Å². The molecule has 0 heterocycles. The summed E-state index contributed by atoms with van der Waals surface area (Å²) < 4.78 is 0. The van der Waals surface area contributed by atoms with Gasteiger partial charge < -0.3 is 10.4 Å². The zero-order valence-electron chi connectivity index (χ0n) is 9.09. The molecule has 4 heteroatoms. The molecular formula is C12H15NO3. The zero-order chi connectivity index (χ0) is 12.0. The second-order valence-electron chi connectivity index (χ2n) is 3.57. The molecule has 2 unspecified atom stereocenters. The van der Waals surface area contributed by atoms with Crippen LogP contribution in [0.15, 0.2) is 36.5 Å². The highest BCUT2D eigenvalue weighted by Gasteiger charge is 2.24. The van der Waals surface area contributed by atoms with Crippen molar-refractivity contribution in [3.8, 4) is 0 Å². The molecule has 0 aromatic heterocycles. The first-order valence-electron chi connectivity index (χ1n) is 5.14. The average molecular weight is 221 g/mol. The maximum atomic E-state index is 11.3. The van der Waals surface area contributed by atoms with E-state index in [2.05, 4.69) is 5.32 Å². The molecule has 1 aliphatic carbocycles. The predicted molar refractivity (Wildman–Crippen MR) is 60.8 cm³/mol. The van der Waals surface area contributed by atoms with E-state index >= 15 is 0 Å². The molecule has 1 amide bonds. The fourth-order valence-electron chi connectivity index (χ4n) is 1.47. The molecule has 2 atom stereocenters. The fourth-order valence-corrected chi connectivity index (χ4v) is 1.47. The molecular weight excluding hydrogens is 206 g/mol. The number of hydrogen-bond donors (Lipinski definition) is 2. The van der Waals surface area contributed by atoms with E-state index in [4.69, 9.17) is 5.11 Å². The zero-order valence-corrected chi connectivity index (χ0v) is 9.09. The van der Waals surface area contributed by atoms with Crippen LogP contribution < -0.4 is 5.32 Å². The number of amides is 1. The number of carboxylic acid groups (broad SMARTS) is 1. The van der Waals surface area contributed by atoms with E-state index in [1.807, 2.05) is 13.0 Å². The van der Waals surface area contributed by atoms with Crippen molar-refractivity contribution < 1.29 is 14.7 Å². The Balaban J connectivity index is 2.38. The highest BCUT2D eigenvalue weighted by Crippen LogP contribution is 2.17. The highest BCUT2D eigenvalue weighted by atomic mass is 16.4. The van der Waals surface area contributed by atoms with Crippen LogP contribution in [0.3, 0.4) is 0 Å². The van der Waals surface area contributed by atoms with E-state index in [-0.39, 0.29) is 11.9 Å². The number of carbonyl (C=O) groups excluding carboxylic acids is 1. The Morgan fingerprint density at radius 1 is 1.38 bits per heavy atom. The summed E-state index contributed by atoms with van der Waals surface area (Å²) in [5.74, 6) is -1.54. The van der Waals surface area contributed by atoms with Crippen molar-refractivity contribution in [3.05, 3.63) is 36.5 Å². The molecule has 86 valence electrons. The summed E-state index contributed by atoms with van der Waals surface area (Å²) in [6.07, 6.45) is 10.4. The first kappa shape index (κ1) is 12.2. The quantitative estimate of drug-likeness (QED) is 0.426. The summed E-state index contributed by atoms with van der Waals surface area (Å²) in [5.41, 5.74) is 0. The van der Waals surface area contributed by atoms with Gasteiger partial charge in [-0.15, -0.1) is 0 Å². The first-order chi connectivity index (χ1) is 7.63. The van der Waals surface area contributed by atoms with Gasteiger partial charge in [-0.2, -0.15) is 0 Å². The van der Waals surface area contributed by atoms with Crippen molar-refractivity contribution in [3.63, 3.8) is 0 Å². The summed E-state index contributed by atoms with van der Waals surface area (Å²) in [4.78, 5) is 22.0. The third kappa shape index (κ3) is 3.73. The molecule has 0 aromatic carbocycles. The average Bonchev–Trinajstić information content (AvgIpc) is 2.66. The maximum absolute atomic E-state index is 11.3. The lowest BCUT2D eigenvalue weighted by molar-refractivity contribution is -0.140. The van der Waals surface area contributed by atoms with E-state index in [1.165, 1.54) is 6.08 Å². The Bertz CT molecular complexity index is 355. The Hall–Kier alpha value is -1.84. The third-order valence-corrected chi connectivity index (χ3v) is 2.28.